The first kappa shape index (κ1) is 14.3. The number of hydrogen-bond donors (Lipinski definition) is 0. The van der Waals surface area contributed by atoms with Crippen LogP contribution in [0.25, 0.3) is 6.08 Å². The largest absolute Gasteiger partial charge is 0.465 e. The lowest BCUT2D eigenvalue weighted by Gasteiger charge is -2.56. The number of furan rings is 1. The van der Waals surface area contributed by atoms with E-state index in [4.69, 9.17) is 16.6 Å². The predicted octanol–water partition coefficient (Wildman–Crippen LogP) is 4.31. The summed E-state index contributed by atoms with van der Waals surface area (Å²) >= 11 is 7.02. The summed E-state index contributed by atoms with van der Waals surface area (Å²) in [4.78, 5) is 15.6. The maximum atomic E-state index is 13.0. The predicted molar refractivity (Wildman–Crippen MR) is 94.6 cm³/mol. The van der Waals surface area contributed by atoms with Crippen LogP contribution in [0, 0.1) is 23.7 Å². The van der Waals surface area contributed by atoms with Crippen molar-refractivity contribution in [1.29, 1.82) is 0 Å². The molecule has 1 aliphatic heterocycles. The summed E-state index contributed by atoms with van der Waals surface area (Å²) < 4.78 is 6.09. The van der Waals surface area contributed by atoms with Crippen molar-refractivity contribution >= 4 is 40.3 Å². The van der Waals surface area contributed by atoms with Gasteiger partial charge in [0.1, 0.15) is 10.1 Å². The summed E-state index contributed by atoms with van der Waals surface area (Å²) in [7, 11) is 0. The van der Waals surface area contributed by atoms with E-state index in [1.807, 2.05) is 23.1 Å². The van der Waals surface area contributed by atoms with E-state index in [9.17, 15) is 4.79 Å². The smallest absolute Gasteiger partial charge is 0.266 e. The van der Waals surface area contributed by atoms with Crippen molar-refractivity contribution in [2.24, 2.45) is 23.7 Å². The van der Waals surface area contributed by atoms with Gasteiger partial charge in [0.15, 0.2) is 0 Å². The molecule has 23 heavy (non-hydrogen) atoms. The molecule has 1 saturated heterocycles. The number of amides is 1. The summed E-state index contributed by atoms with van der Waals surface area (Å²) in [6.07, 6.45) is 10.1. The van der Waals surface area contributed by atoms with Crippen LogP contribution in [-0.4, -0.2) is 21.2 Å². The number of nitrogens with zero attached hydrogens (tertiary/aromatic N) is 1. The third-order valence-electron chi connectivity index (χ3n) is 6.12. The van der Waals surface area contributed by atoms with Gasteiger partial charge in [0.05, 0.1) is 11.2 Å². The summed E-state index contributed by atoms with van der Waals surface area (Å²) in [6, 6.07) is 4.05. The van der Waals surface area contributed by atoms with Gasteiger partial charge in [0.2, 0.25) is 0 Å². The zero-order chi connectivity index (χ0) is 15.6. The van der Waals surface area contributed by atoms with E-state index >= 15 is 0 Å². The van der Waals surface area contributed by atoms with Crippen LogP contribution in [0.15, 0.2) is 27.7 Å². The fraction of sp³-hybridized carbons (Fsp3) is 0.556. The summed E-state index contributed by atoms with van der Waals surface area (Å²) in [6.45, 7) is 0. The lowest BCUT2D eigenvalue weighted by atomic mass is 9.54. The van der Waals surface area contributed by atoms with Crippen LogP contribution in [0.2, 0.25) is 0 Å². The van der Waals surface area contributed by atoms with Gasteiger partial charge >= 0.3 is 0 Å². The van der Waals surface area contributed by atoms with E-state index in [-0.39, 0.29) is 5.91 Å². The molecule has 0 N–H and O–H groups in total. The Morgan fingerprint density at radius 1 is 1.17 bits per heavy atom. The van der Waals surface area contributed by atoms with Crippen LogP contribution in [0.3, 0.4) is 0 Å². The highest BCUT2D eigenvalue weighted by Gasteiger charge is 2.53. The van der Waals surface area contributed by atoms with E-state index in [0.29, 0.717) is 22.8 Å². The maximum absolute atomic E-state index is 13.0. The fourth-order valence-electron chi connectivity index (χ4n) is 5.56. The highest BCUT2D eigenvalue weighted by Crippen LogP contribution is 2.56. The third-order valence-corrected chi connectivity index (χ3v) is 7.45. The molecule has 0 spiro atoms. The first-order valence-corrected chi connectivity index (χ1v) is 9.72. The first-order chi connectivity index (χ1) is 11.2. The highest BCUT2D eigenvalue weighted by atomic mass is 32.2. The Morgan fingerprint density at radius 3 is 2.48 bits per heavy atom. The average molecular weight is 345 g/mol. The van der Waals surface area contributed by atoms with Gasteiger partial charge in [-0.2, -0.15) is 0 Å². The molecule has 120 valence electrons. The molecule has 3 nitrogen and oxygen atoms in total. The van der Waals surface area contributed by atoms with Crippen molar-refractivity contribution in [3.8, 4) is 0 Å². The molecule has 4 aliphatic carbocycles. The van der Waals surface area contributed by atoms with Crippen molar-refractivity contribution in [1.82, 2.24) is 4.90 Å². The minimum Gasteiger partial charge on any atom is -0.465 e. The first-order valence-electron chi connectivity index (χ1n) is 8.49. The summed E-state index contributed by atoms with van der Waals surface area (Å²) in [5.41, 5.74) is 0. The van der Waals surface area contributed by atoms with Crippen LogP contribution in [0.4, 0.5) is 0 Å². The minimum atomic E-state index is 0.0915. The van der Waals surface area contributed by atoms with E-state index in [2.05, 4.69) is 0 Å². The van der Waals surface area contributed by atoms with Gasteiger partial charge in [0, 0.05) is 12.1 Å². The number of rotatable bonds is 2. The Hall–Kier alpha value is -1.07. The molecular formula is C18H19NO2S2. The molecule has 1 aromatic rings. The van der Waals surface area contributed by atoms with Crippen LogP contribution in [0.5, 0.6) is 0 Å². The molecule has 2 heterocycles. The number of carbonyl (C=O) groups excluding carboxylic acids is 1. The molecule has 0 atom stereocenters. The van der Waals surface area contributed by atoms with Crippen molar-refractivity contribution < 1.29 is 9.21 Å². The Bertz CT molecular complexity index is 666. The number of hydrogen-bond acceptors (Lipinski definition) is 4. The molecule has 4 bridgehead atoms. The Morgan fingerprint density at radius 2 is 1.87 bits per heavy atom. The Labute approximate surface area is 145 Å². The summed E-state index contributed by atoms with van der Waals surface area (Å²) in [5.74, 6) is 3.95. The van der Waals surface area contributed by atoms with Crippen molar-refractivity contribution in [3.63, 3.8) is 0 Å². The van der Waals surface area contributed by atoms with Crippen molar-refractivity contribution in [2.75, 3.05) is 0 Å². The van der Waals surface area contributed by atoms with Crippen molar-refractivity contribution in [3.05, 3.63) is 29.1 Å². The summed E-state index contributed by atoms with van der Waals surface area (Å²) in [5, 5.41) is 0. The number of thioether (sulfide) groups is 1. The molecule has 5 fully saturated rings. The quantitative estimate of drug-likeness (QED) is 0.591. The van der Waals surface area contributed by atoms with Gasteiger partial charge in [-0.05, 0) is 67.9 Å². The zero-order valence-electron chi connectivity index (χ0n) is 12.8. The van der Waals surface area contributed by atoms with Crippen LogP contribution in [-0.2, 0) is 4.79 Å². The molecule has 0 unspecified atom stereocenters. The molecule has 5 heteroatoms. The second-order valence-electron chi connectivity index (χ2n) is 7.49. The van der Waals surface area contributed by atoms with Crippen LogP contribution < -0.4 is 0 Å². The SMILES string of the molecule is O=C1C(=Cc2ccco2)SC(=S)N1C1C2CC3CC(C2)CC1C3. The third kappa shape index (κ3) is 2.23. The number of thiocarbonyl (C=S) groups is 1. The highest BCUT2D eigenvalue weighted by molar-refractivity contribution is 8.26. The standard InChI is InChI=1S/C18H19NO2S2/c20-17-15(9-14-2-1-3-21-14)23-18(22)19(17)16-12-5-10-4-11(7-12)8-13(16)6-10/h1-3,9-13,16H,4-8H2. The molecule has 1 aromatic heterocycles. The fourth-order valence-corrected chi connectivity index (χ4v) is 6.88. The molecule has 1 amide bonds. The normalized spacial score (nSPS) is 40.6. The minimum absolute atomic E-state index is 0.0915. The Kier molecular flexibility index (Phi) is 3.24. The van der Waals surface area contributed by atoms with E-state index < -0.39 is 0 Å². The molecule has 0 radical (unpaired) electrons. The molecule has 5 aliphatic rings. The second kappa shape index (κ2) is 5.21. The molecule has 4 saturated carbocycles. The van der Waals surface area contributed by atoms with Crippen molar-refractivity contribution in [2.45, 2.75) is 38.1 Å². The second-order valence-corrected chi connectivity index (χ2v) is 9.16. The van der Waals surface area contributed by atoms with Crippen LogP contribution >= 0.6 is 24.0 Å². The van der Waals surface area contributed by atoms with Gasteiger partial charge in [-0.15, -0.1) is 0 Å². The van der Waals surface area contributed by atoms with E-state index in [1.165, 1.54) is 43.9 Å². The van der Waals surface area contributed by atoms with Gasteiger partial charge in [-0.1, -0.05) is 24.0 Å². The van der Waals surface area contributed by atoms with E-state index in [1.54, 1.807) is 6.26 Å². The van der Waals surface area contributed by atoms with Crippen LogP contribution in [0.1, 0.15) is 37.9 Å². The molecule has 0 aromatic carbocycles. The zero-order valence-corrected chi connectivity index (χ0v) is 14.4. The lowest BCUT2D eigenvalue weighted by molar-refractivity contribution is -0.130. The Balaban J connectivity index is 1.45. The van der Waals surface area contributed by atoms with Gasteiger partial charge in [0.25, 0.3) is 5.91 Å². The van der Waals surface area contributed by atoms with Gasteiger partial charge in [-0.25, -0.2) is 0 Å². The average Bonchev–Trinajstić information content (AvgIpc) is 3.10. The maximum Gasteiger partial charge on any atom is 0.266 e. The molecule has 6 rings (SSSR count). The molecular weight excluding hydrogens is 326 g/mol. The number of carbonyl (C=O) groups is 1. The monoisotopic (exact) mass is 345 g/mol. The van der Waals surface area contributed by atoms with E-state index in [0.717, 1.165) is 21.9 Å². The topological polar surface area (TPSA) is 33.5 Å². The van der Waals surface area contributed by atoms with Gasteiger partial charge < -0.3 is 4.42 Å². The van der Waals surface area contributed by atoms with Gasteiger partial charge in [-0.3, -0.25) is 9.69 Å². The lowest BCUT2D eigenvalue weighted by Crippen LogP contribution is -2.57.